The molecule has 0 saturated carbocycles. The van der Waals surface area contributed by atoms with Crippen LogP contribution in [0, 0.1) is 0 Å². The fraction of sp³-hybridized carbons (Fsp3) is 0.333. The highest BCUT2D eigenvalue weighted by molar-refractivity contribution is 5.20. The number of ether oxygens (including phenoxy) is 1. The molecule has 0 aliphatic heterocycles. The van der Waals surface area contributed by atoms with Crippen LogP contribution in [0.4, 0.5) is 0 Å². The van der Waals surface area contributed by atoms with Crippen molar-refractivity contribution in [2.45, 2.75) is 12.5 Å². The quantitative estimate of drug-likeness (QED) is 0.694. The Kier molecular flexibility index (Phi) is 5.51. The number of para-hydroxylation sites is 1. The van der Waals surface area contributed by atoms with E-state index in [-0.39, 0.29) is 13.2 Å². The van der Waals surface area contributed by atoms with Gasteiger partial charge < -0.3 is 14.9 Å². The molecular formula is C12H16O3. The van der Waals surface area contributed by atoms with Gasteiger partial charge in [0.2, 0.25) is 0 Å². The van der Waals surface area contributed by atoms with Gasteiger partial charge in [-0.25, -0.2) is 0 Å². The molecule has 0 aromatic heterocycles. The fourth-order valence-electron chi connectivity index (χ4n) is 1.11. The van der Waals surface area contributed by atoms with Gasteiger partial charge in [0.1, 0.15) is 12.4 Å². The van der Waals surface area contributed by atoms with Crippen LogP contribution in [-0.4, -0.2) is 29.5 Å². The summed E-state index contributed by atoms with van der Waals surface area (Å²) in [5.74, 6) is 0.752. The minimum atomic E-state index is -0.534. The monoisotopic (exact) mass is 208 g/mol. The maximum absolute atomic E-state index is 9.48. The average Bonchev–Trinajstić information content (AvgIpc) is 2.28. The van der Waals surface area contributed by atoms with E-state index in [1.807, 2.05) is 30.3 Å². The molecule has 0 unspecified atom stereocenters. The van der Waals surface area contributed by atoms with Gasteiger partial charge in [-0.15, -0.1) is 0 Å². The summed E-state index contributed by atoms with van der Waals surface area (Å²) in [5.41, 5.74) is 0. The van der Waals surface area contributed by atoms with Gasteiger partial charge in [-0.1, -0.05) is 30.4 Å². The summed E-state index contributed by atoms with van der Waals surface area (Å²) in [4.78, 5) is 0. The lowest BCUT2D eigenvalue weighted by Crippen LogP contribution is -2.16. The summed E-state index contributed by atoms with van der Waals surface area (Å²) < 4.78 is 5.35. The molecule has 1 aromatic carbocycles. The summed E-state index contributed by atoms with van der Waals surface area (Å²) >= 11 is 0. The number of aliphatic hydroxyl groups excluding tert-OH is 2. The van der Waals surface area contributed by atoms with Crippen molar-refractivity contribution < 1.29 is 14.9 Å². The molecule has 1 aromatic rings. The van der Waals surface area contributed by atoms with Gasteiger partial charge in [-0.2, -0.15) is 0 Å². The van der Waals surface area contributed by atoms with E-state index >= 15 is 0 Å². The SMILES string of the molecule is OC/C=C\C[C@@H](O)COc1ccccc1. The van der Waals surface area contributed by atoms with Crippen molar-refractivity contribution in [2.75, 3.05) is 13.2 Å². The zero-order valence-electron chi connectivity index (χ0n) is 8.54. The van der Waals surface area contributed by atoms with Crippen molar-refractivity contribution in [3.05, 3.63) is 42.5 Å². The Morgan fingerprint density at radius 1 is 1.20 bits per heavy atom. The third kappa shape index (κ3) is 5.20. The van der Waals surface area contributed by atoms with E-state index in [0.717, 1.165) is 5.75 Å². The Balaban J connectivity index is 2.22. The maximum Gasteiger partial charge on any atom is 0.119 e. The molecule has 1 atom stereocenters. The molecule has 1 rings (SSSR count). The van der Waals surface area contributed by atoms with Gasteiger partial charge in [0.05, 0.1) is 12.7 Å². The van der Waals surface area contributed by atoms with Gasteiger partial charge >= 0.3 is 0 Å². The number of rotatable bonds is 6. The van der Waals surface area contributed by atoms with Crippen LogP contribution in [0.3, 0.4) is 0 Å². The zero-order valence-corrected chi connectivity index (χ0v) is 8.54. The standard InChI is InChI=1S/C12H16O3/c13-9-5-4-6-11(14)10-15-12-7-2-1-3-8-12/h1-5,7-8,11,13-14H,6,9-10H2/b5-4-/t11-/m1/s1. The van der Waals surface area contributed by atoms with E-state index in [9.17, 15) is 5.11 Å². The lowest BCUT2D eigenvalue weighted by molar-refractivity contribution is 0.110. The van der Waals surface area contributed by atoms with E-state index in [1.54, 1.807) is 12.2 Å². The molecule has 82 valence electrons. The number of hydrogen-bond donors (Lipinski definition) is 2. The number of hydrogen-bond acceptors (Lipinski definition) is 3. The lowest BCUT2D eigenvalue weighted by atomic mass is 10.2. The molecule has 0 heterocycles. The Hall–Kier alpha value is -1.32. The highest BCUT2D eigenvalue weighted by Crippen LogP contribution is 2.09. The van der Waals surface area contributed by atoms with Crippen molar-refractivity contribution in [1.82, 2.24) is 0 Å². The zero-order chi connectivity index (χ0) is 10.9. The van der Waals surface area contributed by atoms with Crippen LogP contribution < -0.4 is 4.74 Å². The summed E-state index contributed by atoms with van der Waals surface area (Å²) in [6.45, 7) is 0.270. The highest BCUT2D eigenvalue weighted by Gasteiger charge is 2.02. The van der Waals surface area contributed by atoms with Crippen molar-refractivity contribution in [3.63, 3.8) is 0 Å². The molecule has 0 amide bonds. The summed E-state index contributed by atoms with van der Waals surface area (Å²) in [7, 11) is 0. The van der Waals surface area contributed by atoms with E-state index in [4.69, 9.17) is 9.84 Å². The summed E-state index contributed by atoms with van der Waals surface area (Å²) in [5, 5.41) is 18.0. The smallest absolute Gasteiger partial charge is 0.119 e. The second-order valence-corrected chi connectivity index (χ2v) is 3.17. The third-order valence-corrected chi connectivity index (χ3v) is 1.87. The Morgan fingerprint density at radius 2 is 1.93 bits per heavy atom. The lowest BCUT2D eigenvalue weighted by Gasteiger charge is -2.10. The number of benzene rings is 1. The van der Waals surface area contributed by atoms with Crippen LogP contribution in [0.25, 0.3) is 0 Å². The van der Waals surface area contributed by atoms with Gasteiger partial charge in [-0.3, -0.25) is 0 Å². The summed E-state index contributed by atoms with van der Waals surface area (Å²) in [6, 6.07) is 9.36. The molecule has 0 aliphatic carbocycles. The van der Waals surface area contributed by atoms with Crippen LogP contribution in [0.1, 0.15) is 6.42 Å². The van der Waals surface area contributed by atoms with Crippen molar-refractivity contribution in [1.29, 1.82) is 0 Å². The molecule has 3 nitrogen and oxygen atoms in total. The van der Waals surface area contributed by atoms with E-state index in [1.165, 1.54) is 0 Å². The molecule has 15 heavy (non-hydrogen) atoms. The molecule has 0 saturated heterocycles. The van der Waals surface area contributed by atoms with Crippen LogP contribution in [-0.2, 0) is 0 Å². The fourth-order valence-corrected chi connectivity index (χ4v) is 1.11. The average molecular weight is 208 g/mol. The predicted molar refractivity (Wildman–Crippen MR) is 58.8 cm³/mol. The van der Waals surface area contributed by atoms with Crippen molar-refractivity contribution in [3.8, 4) is 5.75 Å². The largest absolute Gasteiger partial charge is 0.491 e. The molecule has 2 N–H and O–H groups in total. The van der Waals surface area contributed by atoms with Crippen LogP contribution in [0.5, 0.6) is 5.75 Å². The molecular weight excluding hydrogens is 192 g/mol. The first kappa shape index (κ1) is 11.8. The highest BCUT2D eigenvalue weighted by atomic mass is 16.5. The molecule has 0 fully saturated rings. The van der Waals surface area contributed by atoms with Crippen LogP contribution in [0.2, 0.25) is 0 Å². The molecule has 0 radical (unpaired) electrons. The first-order valence-electron chi connectivity index (χ1n) is 4.94. The first-order valence-corrected chi connectivity index (χ1v) is 4.94. The van der Waals surface area contributed by atoms with Crippen LogP contribution >= 0.6 is 0 Å². The minimum Gasteiger partial charge on any atom is -0.491 e. The summed E-state index contributed by atoms with van der Waals surface area (Å²) in [6.07, 6.45) is 3.30. The van der Waals surface area contributed by atoms with E-state index in [0.29, 0.717) is 6.42 Å². The predicted octanol–water partition coefficient (Wildman–Crippen LogP) is 1.36. The van der Waals surface area contributed by atoms with Crippen molar-refractivity contribution in [2.24, 2.45) is 0 Å². The molecule has 0 spiro atoms. The third-order valence-electron chi connectivity index (χ3n) is 1.87. The minimum absolute atomic E-state index is 0.00621. The van der Waals surface area contributed by atoms with Gasteiger partial charge in [0.15, 0.2) is 0 Å². The van der Waals surface area contributed by atoms with E-state index < -0.39 is 6.10 Å². The molecule has 3 heteroatoms. The molecule has 0 aliphatic rings. The number of aliphatic hydroxyl groups is 2. The Morgan fingerprint density at radius 3 is 2.60 bits per heavy atom. The van der Waals surface area contributed by atoms with Crippen LogP contribution in [0.15, 0.2) is 42.5 Å². The first-order chi connectivity index (χ1) is 7.33. The Labute approximate surface area is 89.6 Å². The second kappa shape index (κ2) is 7.04. The normalized spacial score (nSPS) is 12.9. The van der Waals surface area contributed by atoms with Gasteiger partial charge in [0.25, 0.3) is 0 Å². The topological polar surface area (TPSA) is 49.7 Å². The van der Waals surface area contributed by atoms with Crippen molar-refractivity contribution >= 4 is 0 Å². The van der Waals surface area contributed by atoms with E-state index in [2.05, 4.69) is 0 Å². The Bertz CT molecular complexity index is 282. The molecule has 0 bridgehead atoms. The van der Waals surface area contributed by atoms with Gasteiger partial charge in [-0.05, 0) is 18.6 Å². The second-order valence-electron chi connectivity index (χ2n) is 3.17. The maximum atomic E-state index is 9.48. The van der Waals surface area contributed by atoms with Gasteiger partial charge in [0, 0.05) is 0 Å².